The summed E-state index contributed by atoms with van der Waals surface area (Å²) in [5, 5.41) is 76.6. The highest BCUT2D eigenvalue weighted by Crippen LogP contribution is 2.89. The van der Waals surface area contributed by atoms with Crippen molar-refractivity contribution < 1.29 is 69.0 Å². The van der Waals surface area contributed by atoms with E-state index in [0.717, 1.165) is 25.7 Å². The van der Waals surface area contributed by atoms with E-state index < -0.39 is 90.1 Å². The number of carbonyl (C=O) groups excluding carboxylic acids is 1. The Hall–Kier alpha value is -1.01. The van der Waals surface area contributed by atoms with Crippen LogP contribution in [0.2, 0.25) is 0 Å². The molecule has 0 aromatic carbocycles. The molecule has 5 saturated carbocycles. The highest BCUT2D eigenvalue weighted by atomic mass is 16.7. The largest absolute Gasteiger partial charge is 0.454 e. The highest BCUT2D eigenvalue weighted by Gasteiger charge is 2.85. The van der Waals surface area contributed by atoms with Gasteiger partial charge in [0.25, 0.3) is 0 Å². The van der Waals surface area contributed by atoms with Crippen LogP contribution >= 0.6 is 0 Å². The van der Waals surface area contributed by atoms with Gasteiger partial charge in [0.05, 0.1) is 49.3 Å². The van der Waals surface area contributed by atoms with Gasteiger partial charge in [-0.1, -0.05) is 27.7 Å². The zero-order chi connectivity index (χ0) is 40.8. The van der Waals surface area contributed by atoms with Gasteiger partial charge in [0, 0.05) is 18.8 Å². The van der Waals surface area contributed by atoms with Crippen molar-refractivity contribution in [3.05, 3.63) is 0 Å². The fourth-order valence-corrected chi connectivity index (χ4v) is 14.9. The molecule has 5 aliphatic carbocycles. The third-order valence-corrected chi connectivity index (χ3v) is 17.7. The molecule has 20 atom stereocenters. The molecule has 20 unspecified atom stereocenters. The first kappa shape index (κ1) is 41.7. The lowest BCUT2D eigenvalue weighted by atomic mass is 9.41. The van der Waals surface area contributed by atoms with Crippen LogP contribution in [0.4, 0.5) is 0 Å². The van der Waals surface area contributed by atoms with E-state index in [2.05, 4.69) is 34.6 Å². The molecule has 8 aliphatic rings. The Morgan fingerprint density at radius 1 is 0.732 bits per heavy atom. The first-order valence-electron chi connectivity index (χ1n) is 21.1. The fourth-order valence-electron chi connectivity index (χ4n) is 14.9. The number of fused-ring (bicyclic) bond motifs is 2. The monoisotopic (exact) mass is 796 g/mol. The van der Waals surface area contributed by atoms with Crippen LogP contribution in [0.15, 0.2) is 0 Å². The Morgan fingerprint density at radius 3 is 2.04 bits per heavy atom. The maximum absolute atomic E-state index is 12.2. The topological polar surface area (TPSA) is 214 Å². The van der Waals surface area contributed by atoms with Crippen molar-refractivity contribution in [3.63, 3.8) is 0 Å². The number of hydrogen-bond acceptors (Lipinski definition) is 14. The van der Waals surface area contributed by atoms with Crippen LogP contribution in [0.5, 0.6) is 0 Å². The van der Waals surface area contributed by atoms with Crippen LogP contribution in [0.3, 0.4) is 0 Å². The molecule has 8 fully saturated rings. The number of aliphatic hydroxyl groups excluding tert-OH is 6. The number of esters is 1. The van der Waals surface area contributed by atoms with Gasteiger partial charge in [0.1, 0.15) is 30.5 Å². The highest BCUT2D eigenvalue weighted by molar-refractivity contribution is 5.66. The smallest absolute Gasteiger partial charge is 0.303 e. The minimum absolute atomic E-state index is 0.0423. The third kappa shape index (κ3) is 5.89. The molecule has 2 spiro atoms. The van der Waals surface area contributed by atoms with Gasteiger partial charge in [-0.05, 0) is 111 Å². The van der Waals surface area contributed by atoms with Crippen LogP contribution in [-0.2, 0) is 33.2 Å². The van der Waals surface area contributed by atoms with E-state index >= 15 is 0 Å². The molecule has 56 heavy (non-hydrogen) atoms. The summed E-state index contributed by atoms with van der Waals surface area (Å²) in [5.74, 6) is -0.797. The van der Waals surface area contributed by atoms with Gasteiger partial charge in [0.15, 0.2) is 18.7 Å². The zero-order valence-electron chi connectivity index (χ0n) is 34.4. The molecule has 0 radical (unpaired) electrons. The molecule has 0 aromatic rings. The van der Waals surface area contributed by atoms with E-state index in [-0.39, 0.29) is 58.5 Å². The van der Waals surface area contributed by atoms with E-state index in [9.17, 15) is 40.5 Å². The SMILES string of the molecule is CC(=O)OC1C(OC2CCC34CC35CCC3(C)C(C6(C)CC(C(C)(C)O)CO6)C(O)CC3(C)C5CC(OC3OCC(O)C(O)C3O)C4C2(C)C)OCC(O)C1O. The van der Waals surface area contributed by atoms with Crippen LogP contribution in [0.1, 0.15) is 107 Å². The lowest BCUT2D eigenvalue weighted by molar-refractivity contribution is -0.326. The molecule has 8 rings (SSSR count). The van der Waals surface area contributed by atoms with Crippen molar-refractivity contribution in [1.82, 2.24) is 0 Å². The Bertz CT molecular complexity index is 1520. The second kappa shape index (κ2) is 13.5. The quantitative estimate of drug-likeness (QED) is 0.145. The van der Waals surface area contributed by atoms with Crippen molar-refractivity contribution in [3.8, 4) is 0 Å². The van der Waals surface area contributed by atoms with E-state index in [1.807, 2.05) is 13.8 Å². The summed E-state index contributed by atoms with van der Waals surface area (Å²) in [4.78, 5) is 12.1. The van der Waals surface area contributed by atoms with Crippen molar-refractivity contribution in [2.75, 3.05) is 19.8 Å². The summed E-state index contributed by atoms with van der Waals surface area (Å²) in [5.41, 5.74) is -2.92. The van der Waals surface area contributed by atoms with Crippen LogP contribution in [-0.4, -0.2) is 140 Å². The van der Waals surface area contributed by atoms with E-state index in [4.69, 9.17) is 28.4 Å². The summed E-state index contributed by atoms with van der Waals surface area (Å²) in [6.45, 7) is 16.1. The summed E-state index contributed by atoms with van der Waals surface area (Å²) >= 11 is 0. The normalized spacial score (nSPS) is 56.4. The predicted molar refractivity (Wildman–Crippen MR) is 197 cm³/mol. The third-order valence-electron chi connectivity index (χ3n) is 17.7. The Morgan fingerprint density at radius 2 is 1.39 bits per heavy atom. The minimum Gasteiger partial charge on any atom is -0.454 e. The van der Waals surface area contributed by atoms with Gasteiger partial charge in [-0.3, -0.25) is 4.79 Å². The molecule has 3 aliphatic heterocycles. The van der Waals surface area contributed by atoms with Crippen molar-refractivity contribution in [2.45, 2.75) is 185 Å². The molecule has 3 heterocycles. The minimum atomic E-state index is -1.47. The van der Waals surface area contributed by atoms with Crippen molar-refractivity contribution >= 4 is 5.97 Å². The Kier molecular flexibility index (Phi) is 10.1. The number of hydrogen-bond donors (Lipinski definition) is 7. The molecule has 0 aromatic heterocycles. The van der Waals surface area contributed by atoms with Gasteiger partial charge in [0.2, 0.25) is 0 Å². The first-order valence-corrected chi connectivity index (χ1v) is 21.1. The number of rotatable bonds is 7. The molecule has 14 heteroatoms. The molecule has 7 N–H and O–H groups in total. The average Bonchev–Trinajstić information content (AvgIpc) is 3.46. The second-order valence-electron chi connectivity index (χ2n) is 21.3. The van der Waals surface area contributed by atoms with Gasteiger partial charge in [-0.15, -0.1) is 0 Å². The number of ether oxygens (including phenoxy) is 6. The van der Waals surface area contributed by atoms with Gasteiger partial charge in [-0.2, -0.15) is 0 Å². The van der Waals surface area contributed by atoms with Crippen LogP contribution in [0, 0.1) is 50.7 Å². The van der Waals surface area contributed by atoms with Gasteiger partial charge in [-0.25, -0.2) is 0 Å². The lowest BCUT2D eigenvalue weighted by Crippen LogP contribution is -2.65. The van der Waals surface area contributed by atoms with Crippen molar-refractivity contribution in [1.29, 1.82) is 0 Å². The molecular weight excluding hydrogens is 728 g/mol. The first-order chi connectivity index (χ1) is 26.0. The molecular formula is C42H68O14. The second-order valence-corrected chi connectivity index (χ2v) is 21.3. The predicted octanol–water partition coefficient (Wildman–Crippen LogP) is 1.79. The molecule has 14 nitrogen and oxygen atoms in total. The fraction of sp³-hybridized carbons (Fsp3) is 0.976. The van der Waals surface area contributed by atoms with Crippen LogP contribution in [0.25, 0.3) is 0 Å². The van der Waals surface area contributed by atoms with E-state index in [1.54, 1.807) is 0 Å². The number of carbonyl (C=O) groups is 1. The van der Waals surface area contributed by atoms with Gasteiger partial charge < -0.3 is 64.2 Å². The van der Waals surface area contributed by atoms with Crippen LogP contribution < -0.4 is 0 Å². The standard InChI is InChI=1S/C42H68O14/c1-20(43)54-31-29(48)24(46)18-52-35(31)56-27-9-10-42-19-41(42)12-11-38(6)32(40(8)14-21(16-53-40)37(4,5)50)22(44)15-39(38,7)26(41)13-25(33(42)36(27,2)3)55-34-30(49)28(47)23(45)17-51-34/h21-35,44-50H,9-19H2,1-8H3. The molecule has 3 saturated heterocycles. The zero-order valence-corrected chi connectivity index (χ0v) is 34.4. The van der Waals surface area contributed by atoms with Gasteiger partial charge >= 0.3 is 5.97 Å². The summed E-state index contributed by atoms with van der Waals surface area (Å²) in [6.07, 6.45) is -5.60. The van der Waals surface area contributed by atoms with E-state index in [0.29, 0.717) is 32.3 Å². The Balaban J connectivity index is 1.14. The lowest BCUT2D eigenvalue weighted by Gasteiger charge is -2.65. The summed E-state index contributed by atoms with van der Waals surface area (Å²) in [6, 6.07) is 0. The molecule has 320 valence electrons. The van der Waals surface area contributed by atoms with E-state index in [1.165, 1.54) is 6.92 Å². The van der Waals surface area contributed by atoms with Crippen molar-refractivity contribution in [2.24, 2.45) is 50.7 Å². The maximum atomic E-state index is 12.2. The maximum Gasteiger partial charge on any atom is 0.303 e. The average molecular weight is 797 g/mol. The number of aliphatic hydroxyl groups is 7. The summed E-state index contributed by atoms with van der Waals surface area (Å²) < 4.78 is 37.5. The molecule has 0 amide bonds. The summed E-state index contributed by atoms with van der Waals surface area (Å²) in [7, 11) is 0. The molecule has 0 bridgehead atoms. The Labute approximate surface area is 330 Å².